The first kappa shape index (κ1) is 20.9. The summed E-state index contributed by atoms with van der Waals surface area (Å²) in [5, 5.41) is 1.78. The van der Waals surface area contributed by atoms with Crippen LogP contribution in [0, 0.1) is 5.82 Å². The quantitative estimate of drug-likeness (QED) is 0.602. The van der Waals surface area contributed by atoms with Crippen LogP contribution in [0.15, 0.2) is 71.6 Å². The summed E-state index contributed by atoms with van der Waals surface area (Å²) in [6.07, 6.45) is 0. The minimum absolute atomic E-state index is 0.0600. The van der Waals surface area contributed by atoms with Gasteiger partial charge in [-0.15, -0.1) is 0 Å². The van der Waals surface area contributed by atoms with Gasteiger partial charge < -0.3 is 0 Å². The van der Waals surface area contributed by atoms with Crippen molar-refractivity contribution in [2.45, 2.75) is 10.6 Å². The van der Waals surface area contributed by atoms with E-state index in [0.29, 0.717) is 5.56 Å². The predicted molar refractivity (Wildman–Crippen MR) is 113 cm³/mol. The lowest BCUT2D eigenvalue weighted by molar-refractivity contribution is 0.272. The van der Waals surface area contributed by atoms with E-state index in [0.717, 1.165) is 10.8 Å². The average Bonchev–Trinajstić information content (AvgIpc) is 2.73. The molecule has 4 rings (SSSR count). The summed E-state index contributed by atoms with van der Waals surface area (Å²) in [6, 6.07) is 17.9. The van der Waals surface area contributed by atoms with Crippen LogP contribution in [0.2, 0.25) is 0 Å². The van der Waals surface area contributed by atoms with E-state index in [-0.39, 0.29) is 36.8 Å². The summed E-state index contributed by atoms with van der Waals surface area (Å²) in [5.74, 6) is -0.809. The molecule has 0 aliphatic carbocycles. The SMILES string of the molecule is O=S(=O)(Cc1cccc(F)c1)N1CCN(S(=O)(=O)c2ccc3ccccc3c2)CC1. The Labute approximate surface area is 175 Å². The topological polar surface area (TPSA) is 74.8 Å². The van der Waals surface area contributed by atoms with E-state index in [1.54, 1.807) is 24.3 Å². The van der Waals surface area contributed by atoms with Crippen LogP contribution < -0.4 is 0 Å². The molecule has 1 heterocycles. The molecule has 0 radical (unpaired) electrons. The lowest BCUT2D eigenvalue weighted by Crippen LogP contribution is -2.50. The molecule has 9 heteroatoms. The molecule has 3 aromatic carbocycles. The third-order valence-corrected chi connectivity index (χ3v) is 8.93. The van der Waals surface area contributed by atoms with Gasteiger partial charge in [0.1, 0.15) is 5.82 Å². The number of rotatable bonds is 5. The van der Waals surface area contributed by atoms with Gasteiger partial charge in [0.2, 0.25) is 20.0 Å². The highest BCUT2D eigenvalue weighted by Gasteiger charge is 2.33. The molecule has 1 aliphatic rings. The second-order valence-corrected chi connectivity index (χ2v) is 11.1. The van der Waals surface area contributed by atoms with Crippen molar-refractivity contribution in [1.29, 1.82) is 0 Å². The molecule has 1 aliphatic heterocycles. The number of nitrogens with zero attached hydrogens (tertiary/aromatic N) is 2. The molecule has 0 saturated carbocycles. The fraction of sp³-hybridized carbons (Fsp3) is 0.238. The van der Waals surface area contributed by atoms with E-state index in [1.165, 1.54) is 26.8 Å². The number of fused-ring (bicyclic) bond motifs is 1. The molecule has 1 fully saturated rings. The van der Waals surface area contributed by atoms with Crippen molar-refractivity contribution in [3.8, 4) is 0 Å². The van der Waals surface area contributed by atoms with Gasteiger partial charge >= 0.3 is 0 Å². The van der Waals surface area contributed by atoms with E-state index < -0.39 is 25.9 Å². The lowest BCUT2D eigenvalue weighted by atomic mass is 10.1. The minimum atomic E-state index is -3.72. The Morgan fingerprint density at radius 2 is 1.40 bits per heavy atom. The second kappa shape index (κ2) is 8.07. The van der Waals surface area contributed by atoms with Crippen molar-refractivity contribution >= 4 is 30.8 Å². The molecule has 0 N–H and O–H groups in total. The highest BCUT2D eigenvalue weighted by Crippen LogP contribution is 2.24. The maximum atomic E-state index is 13.3. The van der Waals surface area contributed by atoms with Crippen molar-refractivity contribution in [2.75, 3.05) is 26.2 Å². The molecule has 0 spiro atoms. The van der Waals surface area contributed by atoms with Gasteiger partial charge in [-0.05, 0) is 40.6 Å². The van der Waals surface area contributed by atoms with Crippen LogP contribution in [0.25, 0.3) is 10.8 Å². The fourth-order valence-electron chi connectivity index (χ4n) is 3.59. The van der Waals surface area contributed by atoms with Crippen molar-refractivity contribution in [3.05, 3.63) is 78.1 Å². The molecule has 1 saturated heterocycles. The summed E-state index contributed by atoms with van der Waals surface area (Å²) in [7, 11) is -7.40. The predicted octanol–water partition coefficient (Wildman–Crippen LogP) is 2.82. The van der Waals surface area contributed by atoms with Gasteiger partial charge in [-0.2, -0.15) is 8.61 Å². The van der Waals surface area contributed by atoms with Crippen LogP contribution in [0.5, 0.6) is 0 Å². The smallest absolute Gasteiger partial charge is 0.212 e. The Balaban J connectivity index is 1.47. The summed E-state index contributed by atoms with van der Waals surface area (Å²) >= 11 is 0. The van der Waals surface area contributed by atoms with Gasteiger partial charge in [0.05, 0.1) is 10.6 Å². The number of benzene rings is 3. The van der Waals surface area contributed by atoms with E-state index in [2.05, 4.69) is 0 Å². The number of hydrogen-bond donors (Lipinski definition) is 0. The van der Waals surface area contributed by atoms with E-state index in [4.69, 9.17) is 0 Å². The molecule has 6 nitrogen and oxygen atoms in total. The minimum Gasteiger partial charge on any atom is -0.212 e. The van der Waals surface area contributed by atoms with Gasteiger partial charge in [-0.1, -0.05) is 42.5 Å². The van der Waals surface area contributed by atoms with Crippen molar-refractivity contribution in [2.24, 2.45) is 0 Å². The molecule has 0 aromatic heterocycles. The van der Waals surface area contributed by atoms with Crippen LogP contribution >= 0.6 is 0 Å². The molecule has 0 unspecified atom stereocenters. The molecular formula is C21H21FN2O4S2. The maximum Gasteiger partial charge on any atom is 0.243 e. The Bertz CT molecular complexity index is 1290. The first-order valence-electron chi connectivity index (χ1n) is 9.47. The van der Waals surface area contributed by atoms with Crippen LogP contribution in [-0.2, 0) is 25.8 Å². The van der Waals surface area contributed by atoms with Crippen LogP contribution in [0.1, 0.15) is 5.56 Å². The Morgan fingerprint density at radius 3 is 2.10 bits per heavy atom. The third-order valence-electron chi connectivity index (χ3n) is 5.19. The Kier molecular flexibility index (Phi) is 5.63. The standard InChI is InChI=1S/C21H21FN2O4S2/c22-20-7-3-4-17(14-20)16-29(25,26)23-10-12-24(13-11-23)30(27,28)21-9-8-18-5-1-2-6-19(18)15-21/h1-9,14-15H,10-13,16H2. The fourth-order valence-corrected chi connectivity index (χ4v) is 6.55. The largest absolute Gasteiger partial charge is 0.243 e. The lowest BCUT2D eigenvalue weighted by Gasteiger charge is -2.33. The third kappa shape index (κ3) is 4.24. The maximum absolute atomic E-state index is 13.3. The first-order valence-corrected chi connectivity index (χ1v) is 12.5. The van der Waals surface area contributed by atoms with Gasteiger partial charge in [-0.25, -0.2) is 21.2 Å². The zero-order valence-corrected chi connectivity index (χ0v) is 17.7. The van der Waals surface area contributed by atoms with Gasteiger partial charge in [0, 0.05) is 26.2 Å². The molecule has 0 bridgehead atoms. The summed E-state index contributed by atoms with van der Waals surface area (Å²) in [5.41, 5.74) is 0.362. The molecule has 3 aromatic rings. The molecule has 0 amide bonds. The Morgan fingerprint density at radius 1 is 0.733 bits per heavy atom. The van der Waals surface area contributed by atoms with Gasteiger partial charge in [0.25, 0.3) is 0 Å². The number of piperazine rings is 1. The summed E-state index contributed by atoms with van der Waals surface area (Å²) < 4.78 is 67.3. The molecule has 0 atom stereocenters. The monoisotopic (exact) mass is 448 g/mol. The van der Waals surface area contributed by atoms with E-state index in [1.807, 2.05) is 24.3 Å². The van der Waals surface area contributed by atoms with Crippen LogP contribution in [0.4, 0.5) is 4.39 Å². The van der Waals surface area contributed by atoms with E-state index in [9.17, 15) is 21.2 Å². The molecule has 30 heavy (non-hydrogen) atoms. The molecular weight excluding hydrogens is 427 g/mol. The van der Waals surface area contributed by atoms with Gasteiger partial charge in [0.15, 0.2) is 0 Å². The number of halogens is 1. The normalized spacial score (nSPS) is 16.7. The highest BCUT2D eigenvalue weighted by molar-refractivity contribution is 7.89. The number of hydrogen-bond acceptors (Lipinski definition) is 4. The average molecular weight is 449 g/mol. The summed E-state index contributed by atoms with van der Waals surface area (Å²) in [4.78, 5) is 0.192. The van der Waals surface area contributed by atoms with Crippen LogP contribution in [-0.4, -0.2) is 51.6 Å². The zero-order valence-electron chi connectivity index (χ0n) is 16.1. The zero-order chi connectivity index (χ0) is 21.4. The molecule has 158 valence electrons. The van der Waals surface area contributed by atoms with Crippen molar-refractivity contribution in [1.82, 2.24) is 8.61 Å². The summed E-state index contributed by atoms with van der Waals surface area (Å²) in [6.45, 7) is 0.254. The van der Waals surface area contributed by atoms with Gasteiger partial charge in [-0.3, -0.25) is 0 Å². The first-order chi connectivity index (χ1) is 14.3. The van der Waals surface area contributed by atoms with Crippen molar-refractivity contribution in [3.63, 3.8) is 0 Å². The highest BCUT2D eigenvalue weighted by atomic mass is 32.2. The van der Waals surface area contributed by atoms with Crippen LogP contribution in [0.3, 0.4) is 0 Å². The second-order valence-electron chi connectivity index (χ2n) is 7.20. The number of sulfonamides is 2. The van der Waals surface area contributed by atoms with Crippen molar-refractivity contribution < 1.29 is 21.2 Å². The Hall–Kier alpha value is -2.33. The van der Waals surface area contributed by atoms with E-state index >= 15 is 0 Å².